The summed E-state index contributed by atoms with van der Waals surface area (Å²) in [5.74, 6) is -0.368. The molecule has 0 bridgehead atoms. The van der Waals surface area contributed by atoms with E-state index in [-0.39, 0.29) is 18.4 Å². The SMILES string of the molecule is C[C@@H](Sc1ncnc2c1cnn2-c1ccccc1)C(=O)N1CC(=O)Nc2ccccc21. The smallest absolute Gasteiger partial charge is 0.244 e. The highest BCUT2D eigenvalue weighted by atomic mass is 32.2. The van der Waals surface area contributed by atoms with Gasteiger partial charge in [-0.1, -0.05) is 42.1 Å². The summed E-state index contributed by atoms with van der Waals surface area (Å²) >= 11 is 1.33. The molecule has 0 unspecified atom stereocenters. The van der Waals surface area contributed by atoms with E-state index in [2.05, 4.69) is 20.4 Å². The van der Waals surface area contributed by atoms with Gasteiger partial charge in [0.15, 0.2) is 5.65 Å². The number of carbonyl (C=O) groups excluding carboxylic acids is 2. The molecule has 8 nitrogen and oxygen atoms in total. The van der Waals surface area contributed by atoms with Crippen molar-refractivity contribution < 1.29 is 9.59 Å². The molecule has 1 N–H and O–H groups in total. The Morgan fingerprint density at radius 3 is 2.71 bits per heavy atom. The number of rotatable bonds is 4. The van der Waals surface area contributed by atoms with E-state index >= 15 is 0 Å². The molecule has 0 saturated carbocycles. The Kier molecular flexibility index (Phi) is 4.87. The Balaban J connectivity index is 1.43. The second kappa shape index (κ2) is 7.84. The average Bonchev–Trinajstić information content (AvgIpc) is 3.24. The van der Waals surface area contributed by atoms with Crippen LogP contribution in [0.1, 0.15) is 6.92 Å². The van der Waals surface area contributed by atoms with Crippen molar-refractivity contribution in [1.82, 2.24) is 19.7 Å². The van der Waals surface area contributed by atoms with Crippen LogP contribution in [0.5, 0.6) is 0 Å². The molecule has 31 heavy (non-hydrogen) atoms. The van der Waals surface area contributed by atoms with Crippen LogP contribution in [0.15, 0.2) is 72.1 Å². The number of fused-ring (bicyclic) bond motifs is 2. The number of thioether (sulfide) groups is 1. The molecule has 3 heterocycles. The third kappa shape index (κ3) is 3.53. The maximum Gasteiger partial charge on any atom is 0.244 e. The topological polar surface area (TPSA) is 93.0 Å². The van der Waals surface area contributed by atoms with E-state index in [1.807, 2.05) is 55.5 Å². The summed E-state index contributed by atoms with van der Waals surface area (Å²) in [5.41, 5.74) is 2.90. The van der Waals surface area contributed by atoms with Crippen molar-refractivity contribution in [2.75, 3.05) is 16.8 Å². The number of anilines is 2. The van der Waals surface area contributed by atoms with Crippen molar-refractivity contribution >= 4 is 46.0 Å². The van der Waals surface area contributed by atoms with Crippen molar-refractivity contribution in [2.45, 2.75) is 17.2 Å². The highest BCUT2D eigenvalue weighted by Crippen LogP contribution is 2.33. The molecule has 2 amide bonds. The minimum Gasteiger partial charge on any atom is -0.323 e. The van der Waals surface area contributed by atoms with Crippen molar-refractivity contribution in [1.29, 1.82) is 0 Å². The molecule has 4 aromatic rings. The highest BCUT2D eigenvalue weighted by Gasteiger charge is 2.30. The van der Waals surface area contributed by atoms with Gasteiger partial charge in [0, 0.05) is 0 Å². The number of nitrogens with one attached hydrogen (secondary N) is 1. The summed E-state index contributed by atoms with van der Waals surface area (Å²) in [5, 5.41) is 8.24. The minimum atomic E-state index is -0.461. The summed E-state index contributed by atoms with van der Waals surface area (Å²) in [6.45, 7) is 1.81. The lowest BCUT2D eigenvalue weighted by Gasteiger charge is -2.30. The first-order chi connectivity index (χ1) is 15.1. The van der Waals surface area contributed by atoms with Gasteiger partial charge >= 0.3 is 0 Å². The van der Waals surface area contributed by atoms with E-state index in [9.17, 15) is 9.59 Å². The van der Waals surface area contributed by atoms with Crippen LogP contribution in [0.25, 0.3) is 16.7 Å². The van der Waals surface area contributed by atoms with Gasteiger partial charge in [-0.05, 0) is 31.2 Å². The van der Waals surface area contributed by atoms with Crippen LogP contribution >= 0.6 is 11.8 Å². The number of carbonyl (C=O) groups is 2. The summed E-state index contributed by atoms with van der Waals surface area (Å²) < 4.78 is 1.75. The van der Waals surface area contributed by atoms with Crippen LogP contribution in [0.4, 0.5) is 11.4 Å². The van der Waals surface area contributed by atoms with E-state index in [0.717, 1.165) is 11.1 Å². The minimum absolute atomic E-state index is 0.00806. The molecule has 154 valence electrons. The number of amides is 2. The molecular weight excluding hydrogens is 412 g/mol. The number of para-hydroxylation sites is 3. The zero-order valence-electron chi connectivity index (χ0n) is 16.6. The van der Waals surface area contributed by atoms with Crippen molar-refractivity contribution in [3.8, 4) is 5.69 Å². The Labute approximate surface area is 182 Å². The lowest BCUT2D eigenvalue weighted by atomic mass is 10.2. The molecule has 1 aliphatic rings. The van der Waals surface area contributed by atoms with E-state index in [1.54, 1.807) is 16.9 Å². The largest absolute Gasteiger partial charge is 0.323 e. The van der Waals surface area contributed by atoms with Gasteiger partial charge in [0.05, 0.1) is 33.9 Å². The van der Waals surface area contributed by atoms with Gasteiger partial charge in [0.1, 0.15) is 17.9 Å². The Hall–Kier alpha value is -3.72. The van der Waals surface area contributed by atoms with E-state index in [4.69, 9.17) is 0 Å². The maximum atomic E-state index is 13.2. The third-order valence-electron chi connectivity index (χ3n) is 5.00. The van der Waals surface area contributed by atoms with Crippen LogP contribution in [-0.2, 0) is 9.59 Å². The van der Waals surface area contributed by atoms with E-state index in [0.29, 0.717) is 22.0 Å². The fourth-order valence-corrected chi connectivity index (χ4v) is 4.48. The normalized spacial score (nSPS) is 14.2. The third-order valence-corrected chi connectivity index (χ3v) is 6.11. The summed E-state index contributed by atoms with van der Waals surface area (Å²) in [4.78, 5) is 35.6. The quantitative estimate of drug-likeness (QED) is 0.395. The summed E-state index contributed by atoms with van der Waals surface area (Å²) in [6.07, 6.45) is 3.19. The second-order valence-corrected chi connectivity index (χ2v) is 8.39. The first kappa shape index (κ1) is 19.3. The first-order valence-electron chi connectivity index (χ1n) is 9.73. The molecule has 2 aromatic heterocycles. The van der Waals surface area contributed by atoms with Crippen molar-refractivity contribution in [2.24, 2.45) is 0 Å². The molecule has 0 fully saturated rings. The first-order valence-corrected chi connectivity index (χ1v) is 10.6. The molecule has 0 aliphatic carbocycles. The molecule has 5 rings (SSSR count). The molecule has 0 saturated heterocycles. The molecule has 1 atom stereocenters. The molecule has 9 heteroatoms. The number of hydrogen-bond acceptors (Lipinski definition) is 6. The fourth-order valence-electron chi connectivity index (χ4n) is 3.54. The average molecular weight is 430 g/mol. The van der Waals surface area contributed by atoms with Gasteiger partial charge < -0.3 is 5.32 Å². The van der Waals surface area contributed by atoms with Crippen LogP contribution in [-0.4, -0.2) is 43.4 Å². The predicted octanol–water partition coefficient (Wildman–Crippen LogP) is 3.28. The fraction of sp³-hybridized carbons (Fsp3) is 0.136. The van der Waals surface area contributed by atoms with Crippen LogP contribution in [0.2, 0.25) is 0 Å². The second-order valence-electron chi connectivity index (χ2n) is 7.06. The van der Waals surface area contributed by atoms with Gasteiger partial charge in [-0.15, -0.1) is 0 Å². The van der Waals surface area contributed by atoms with Gasteiger partial charge in [0.25, 0.3) is 0 Å². The zero-order chi connectivity index (χ0) is 21.4. The predicted molar refractivity (Wildman–Crippen MR) is 119 cm³/mol. The molecule has 2 aromatic carbocycles. The Bertz CT molecular complexity index is 1290. The van der Waals surface area contributed by atoms with Gasteiger partial charge in [0.2, 0.25) is 11.8 Å². The standard InChI is InChI=1S/C22H18N6O2S/c1-14(22(30)27-12-19(29)26-17-9-5-6-10-18(17)27)31-21-16-11-25-28(20(16)23-13-24-21)15-7-3-2-4-8-15/h2-11,13-14H,12H2,1H3,(H,26,29)/t14-/m1/s1. The lowest BCUT2D eigenvalue weighted by Crippen LogP contribution is -2.45. The number of benzene rings is 2. The lowest BCUT2D eigenvalue weighted by molar-refractivity contribution is -0.121. The van der Waals surface area contributed by atoms with Gasteiger partial charge in [-0.25, -0.2) is 14.6 Å². The zero-order valence-corrected chi connectivity index (χ0v) is 17.4. The Morgan fingerprint density at radius 1 is 1.10 bits per heavy atom. The van der Waals surface area contributed by atoms with Gasteiger partial charge in [-0.3, -0.25) is 14.5 Å². The molecule has 0 spiro atoms. The number of hydrogen-bond donors (Lipinski definition) is 1. The van der Waals surface area contributed by atoms with Crippen molar-refractivity contribution in [3.05, 3.63) is 67.1 Å². The summed E-state index contributed by atoms with van der Waals surface area (Å²) in [7, 11) is 0. The monoisotopic (exact) mass is 430 g/mol. The number of aromatic nitrogens is 4. The Morgan fingerprint density at radius 2 is 1.87 bits per heavy atom. The van der Waals surface area contributed by atoms with Crippen LogP contribution in [0.3, 0.4) is 0 Å². The van der Waals surface area contributed by atoms with E-state index in [1.165, 1.54) is 23.0 Å². The van der Waals surface area contributed by atoms with Crippen LogP contribution in [0, 0.1) is 0 Å². The molecule has 0 radical (unpaired) electrons. The van der Waals surface area contributed by atoms with E-state index < -0.39 is 5.25 Å². The van der Waals surface area contributed by atoms with Crippen LogP contribution < -0.4 is 10.2 Å². The summed E-state index contributed by atoms with van der Waals surface area (Å²) in [6, 6.07) is 17.0. The van der Waals surface area contributed by atoms with Crippen molar-refractivity contribution in [3.63, 3.8) is 0 Å². The highest BCUT2D eigenvalue weighted by molar-refractivity contribution is 8.00. The molecular formula is C22H18N6O2S. The maximum absolute atomic E-state index is 13.2. The van der Waals surface area contributed by atoms with Gasteiger partial charge in [-0.2, -0.15) is 5.10 Å². The number of nitrogens with zero attached hydrogens (tertiary/aromatic N) is 5. The molecule has 1 aliphatic heterocycles.